The quantitative estimate of drug-likeness (QED) is 0.866. The molecule has 0 saturated carbocycles. The molecule has 1 aromatic carbocycles. The Hall–Kier alpha value is -0.930. The van der Waals surface area contributed by atoms with Crippen LogP contribution in [-0.2, 0) is 6.42 Å². The zero-order valence-electron chi connectivity index (χ0n) is 8.41. The maximum Gasteiger partial charge on any atom is 0.110 e. The zero-order valence-corrected chi connectivity index (χ0v) is 10.00. The molecule has 0 aliphatic heterocycles. The van der Waals surface area contributed by atoms with Crippen molar-refractivity contribution in [3.05, 3.63) is 40.5 Å². The second-order valence-corrected chi connectivity index (χ2v) is 4.27. The van der Waals surface area contributed by atoms with E-state index in [4.69, 9.17) is 5.73 Å². The third-order valence-electron chi connectivity index (χ3n) is 2.40. The number of hydrogen-bond acceptors (Lipinski definition) is 2. The van der Waals surface area contributed by atoms with Crippen LogP contribution in [-0.4, -0.2) is 11.5 Å². The lowest BCUT2D eigenvalue weighted by atomic mass is 10.1. The lowest BCUT2D eigenvalue weighted by molar-refractivity contribution is 0.827. The lowest BCUT2D eigenvalue weighted by Gasteiger charge is -2.05. The normalized spacial score (nSPS) is 10.8. The monoisotopic (exact) mass is 264 g/mol. The van der Waals surface area contributed by atoms with E-state index in [9.17, 15) is 0 Å². The molecule has 2 N–H and O–H groups in total. The van der Waals surface area contributed by atoms with Crippen molar-refractivity contribution in [3.63, 3.8) is 0 Å². The van der Waals surface area contributed by atoms with E-state index in [1.54, 1.807) is 0 Å². The standard InChI is InChI=1S/C12H13BrN2/c13-12-10(5-3-7-14)8-9-4-1-2-6-11(9)15-12/h1-2,4,6,8H,3,5,7,14H2. The zero-order chi connectivity index (χ0) is 10.7. The average molecular weight is 265 g/mol. The van der Waals surface area contributed by atoms with Gasteiger partial charge in [0.15, 0.2) is 0 Å². The van der Waals surface area contributed by atoms with Gasteiger partial charge >= 0.3 is 0 Å². The van der Waals surface area contributed by atoms with Crippen LogP contribution in [0.4, 0.5) is 0 Å². The van der Waals surface area contributed by atoms with Crippen LogP contribution in [0.5, 0.6) is 0 Å². The number of halogens is 1. The molecule has 1 heterocycles. The third-order valence-corrected chi connectivity index (χ3v) is 3.09. The van der Waals surface area contributed by atoms with Crippen molar-refractivity contribution in [1.82, 2.24) is 4.98 Å². The van der Waals surface area contributed by atoms with Crippen LogP contribution in [0.3, 0.4) is 0 Å². The molecule has 0 unspecified atom stereocenters. The van der Waals surface area contributed by atoms with Crippen molar-refractivity contribution in [2.24, 2.45) is 5.73 Å². The summed E-state index contributed by atoms with van der Waals surface area (Å²) < 4.78 is 0.939. The van der Waals surface area contributed by atoms with E-state index < -0.39 is 0 Å². The molecule has 0 fully saturated rings. The van der Waals surface area contributed by atoms with E-state index in [1.807, 2.05) is 18.2 Å². The molecule has 0 bridgehead atoms. The minimum atomic E-state index is 0.721. The van der Waals surface area contributed by atoms with Gasteiger partial charge in [0.1, 0.15) is 4.60 Å². The largest absolute Gasteiger partial charge is 0.330 e. The Morgan fingerprint density at radius 2 is 2.07 bits per heavy atom. The van der Waals surface area contributed by atoms with Gasteiger partial charge in [0, 0.05) is 5.39 Å². The maximum atomic E-state index is 5.50. The van der Waals surface area contributed by atoms with Crippen molar-refractivity contribution >= 4 is 26.8 Å². The molecule has 0 saturated heterocycles. The molecule has 0 amide bonds. The smallest absolute Gasteiger partial charge is 0.110 e. The number of nitrogens with two attached hydrogens (primary N) is 1. The second-order valence-electron chi connectivity index (χ2n) is 3.52. The molecular formula is C12H13BrN2. The van der Waals surface area contributed by atoms with E-state index in [0.29, 0.717) is 0 Å². The molecule has 0 spiro atoms. The molecule has 0 aliphatic rings. The van der Waals surface area contributed by atoms with E-state index in [-0.39, 0.29) is 0 Å². The van der Waals surface area contributed by atoms with Crippen LogP contribution in [0, 0.1) is 0 Å². The highest BCUT2D eigenvalue weighted by molar-refractivity contribution is 9.10. The molecule has 2 nitrogen and oxygen atoms in total. The Kier molecular flexibility index (Phi) is 3.34. The van der Waals surface area contributed by atoms with E-state index in [1.165, 1.54) is 10.9 Å². The second kappa shape index (κ2) is 4.73. The number of para-hydroxylation sites is 1. The minimum absolute atomic E-state index is 0.721. The van der Waals surface area contributed by atoms with Gasteiger partial charge < -0.3 is 5.73 Å². The molecular weight excluding hydrogens is 252 g/mol. The Morgan fingerprint density at radius 3 is 2.87 bits per heavy atom. The summed E-state index contributed by atoms with van der Waals surface area (Å²) in [6, 6.07) is 10.3. The first-order valence-corrected chi connectivity index (χ1v) is 5.85. The Morgan fingerprint density at radius 1 is 1.27 bits per heavy atom. The van der Waals surface area contributed by atoms with Crippen LogP contribution in [0.15, 0.2) is 34.9 Å². The summed E-state index contributed by atoms with van der Waals surface area (Å²) >= 11 is 3.50. The highest BCUT2D eigenvalue weighted by Gasteiger charge is 2.03. The summed E-state index contributed by atoms with van der Waals surface area (Å²) in [6.45, 7) is 0.721. The highest BCUT2D eigenvalue weighted by atomic mass is 79.9. The molecule has 15 heavy (non-hydrogen) atoms. The van der Waals surface area contributed by atoms with Crippen LogP contribution >= 0.6 is 15.9 Å². The average Bonchev–Trinajstić information content (AvgIpc) is 2.26. The topological polar surface area (TPSA) is 38.9 Å². The molecule has 0 aliphatic carbocycles. The number of aromatic nitrogens is 1. The summed E-state index contributed by atoms with van der Waals surface area (Å²) in [5.41, 5.74) is 7.77. The first kappa shape index (κ1) is 10.6. The molecule has 0 atom stereocenters. The molecule has 0 radical (unpaired) electrons. The number of nitrogens with zero attached hydrogens (tertiary/aromatic N) is 1. The Balaban J connectivity index is 2.43. The van der Waals surface area contributed by atoms with Gasteiger partial charge in [0.2, 0.25) is 0 Å². The van der Waals surface area contributed by atoms with Gasteiger partial charge in [-0.1, -0.05) is 18.2 Å². The minimum Gasteiger partial charge on any atom is -0.330 e. The van der Waals surface area contributed by atoms with Gasteiger partial charge in [0.25, 0.3) is 0 Å². The van der Waals surface area contributed by atoms with E-state index in [0.717, 1.165) is 29.5 Å². The SMILES string of the molecule is NCCCc1cc2ccccc2nc1Br. The number of rotatable bonds is 3. The van der Waals surface area contributed by atoms with Crippen LogP contribution in [0.25, 0.3) is 10.9 Å². The predicted molar refractivity (Wildman–Crippen MR) is 66.8 cm³/mol. The van der Waals surface area contributed by atoms with Crippen molar-refractivity contribution in [3.8, 4) is 0 Å². The van der Waals surface area contributed by atoms with Crippen molar-refractivity contribution < 1.29 is 0 Å². The maximum absolute atomic E-state index is 5.50. The predicted octanol–water partition coefficient (Wildman–Crippen LogP) is 2.89. The van der Waals surface area contributed by atoms with Crippen molar-refractivity contribution in [2.45, 2.75) is 12.8 Å². The summed E-state index contributed by atoms with van der Waals surface area (Å²) in [5.74, 6) is 0. The number of pyridine rings is 1. The third kappa shape index (κ3) is 2.36. The van der Waals surface area contributed by atoms with Crippen LogP contribution < -0.4 is 5.73 Å². The molecule has 2 rings (SSSR count). The fourth-order valence-electron chi connectivity index (χ4n) is 1.60. The van der Waals surface area contributed by atoms with Gasteiger partial charge in [-0.05, 0) is 53.0 Å². The van der Waals surface area contributed by atoms with E-state index >= 15 is 0 Å². The van der Waals surface area contributed by atoms with Gasteiger partial charge in [-0.3, -0.25) is 0 Å². The number of hydrogen-bond donors (Lipinski definition) is 1. The van der Waals surface area contributed by atoms with Gasteiger partial charge in [-0.15, -0.1) is 0 Å². The first-order chi connectivity index (χ1) is 7.31. The van der Waals surface area contributed by atoms with Crippen LogP contribution in [0.1, 0.15) is 12.0 Å². The summed E-state index contributed by atoms with van der Waals surface area (Å²) in [4.78, 5) is 4.50. The van der Waals surface area contributed by atoms with Crippen molar-refractivity contribution in [1.29, 1.82) is 0 Å². The van der Waals surface area contributed by atoms with Gasteiger partial charge in [-0.25, -0.2) is 4.98 Å². The Labute approximate surface area is 97.6 Å². The van der Waals surface area contributed by atoms with Crippen LogP contribution in [0.2, 0.25) is 0 Å². The fraction of sp³-hybridized carbons (Fsp3) is 0.250. The summed E-state index contributed by atoms with van der Waals surface area (Å²) in [5, 5.41) is 1.19. The highest BCUT2D eigenvalue weighted by Crippen LogP contribution is 2.21. The summed E-state index contributed by atoms with van der Waals surface area (Å²) in [6.07, 6.45) is 1.98. The fourth-order valence-corrected chi connectivity index (χ4v) is 2.11. The van der Waals surface area contributed by atoms with Gasteiger partial charge in [0.05, 0.1) is 5.52 Å². The van der Waals surface area contributed by atoms with E-state index in [2.05, 4.69) is 33.0 Å². The molecule has 1 aromatic heterocycles. The van der Waals surface area contributed by atoms with Crippen molar-refractivity contribution in [2.75, 3.05) is 6.54 Å². The molecule has 3 heteroatoms. The lowest BCUT2D eigenvalue weighted by Crippen LogP contribution is -2.01. The Bertz CT molecular complexity index is 468. The summed E-state index contributed by atoms with van der Waals surface area (Å²) in [7, 11) is 0. The molecule has 2 aromatic rings. The number of benzene rings is 1. The van der Waals surface area contributed by atoms with Gasteiger partial charge in [-0.2, -0.15) is 0 Å². The molecule has 78 valence electrons. The number of fused-ring (bicyclic) bond motifs is 1. The first-order valence-electron chi connectivity index (χ1n) is 5.05. The number of aryl methyl sites for hydroxylation is 1.